The predicted molar refractivity (Wildman–Crippen MR) is 103 cm³/mol. The Morgan fingerprint density at radius 3 is 2.29 bits per heavy atom. The Bertz CT molecular complexity index is 956. The molecule has 0 fully saturated rings. The van der Waals surface area contributed by atoms with Crippen LogP contribution in [0.2, 0.25) is 0 Å². The van der Waals surface area contributed by atoms with Gasteiger partial charge in [0.05, 0.1) is 14.2 Å². The minimum Gasteiger partial charge on any atom is -0.497 e. The third kappa shape index (κ3) is 3.83. The molecule has 0 unspecified atom stereocenters. The van der Waals surface area contributed by atoms with E-state index in [-0.39, 0.29) is 35.3 Å². The van der Waals surface area contributed by atoms with Gasteiger partial charge in [-0.15, -0.1) is 0 Å². The lowest BCUT2D eigenvalue weighted by Gasteiger charge is -2.48. The largest absolute Gasteiger partial charge is 0.497 e. The molecular formula is C22H23F3O6. The van der Waals surface area contributed by atoms with Crippen LogP contribution in [0.1, 0.15) is 38.2 Å². The highest BCUT2D eigenvalue weighted by Crippen LogP contribution is 2.58. The van der Waals surface area contributed by atoms with Crippen molar-refractivity contribution in [3.8, 4) is 5.75 Å². The maximum absolute atomic E-state index is 14.1. The van der Waals surface area contributed by atoms with Crippen LogP contribution in [0.4, 0.5) is 13.2 Å². The van der Waals surface area contributed by atoms with Crippen molar-refractivity contribution in [3.05, 3.63) is 46.7 Å². The molecule has 0 spiro atoms. The Labute approximate surface area is 177 Å². The summed E-state index contributed by atoms with van der Waals surface area (Å²) in [6.07, 6.45) is -5.06. The van der Waals surface area contributed by atoms with Gasteiger partial charge in [-0.25, -0.2) is 4.79 Å². The van der Waals surface area contributed by atoms with Crippen LogP contribution in [0.3, 0.4) is 0 Å². The van der Waals surface area contributed by atoms with Gasteiger partial charge in [0, 0.05) is 23.5 Å². The first-order chi connectivity index (χ1) is 14.4. The van der Waals surface area contributed by atoms with E-state index in [2.05, 4.69) is 4.74 Å². The average Bonchev–Trinajstić information content (AvgIpc) is 2.70. The van der Waals surface area contributed by atoms with Gasteiger partial charge in [-0.2, -0.15) is 13.2 Å². The molecule has 1 aliphatic heterocycles. The van der Waals surface area contributed by atoms with Crippen molar-refractivity contribution in [2.45, 2.75) is 44.6 Å². The number of allylic oxidation sites excluding steroid dienone is 3. The molecule has 6 nitrogen and oxygen atoms in total. The highest BCUT2D eigenvalue weighted by Gasteiger charge is 2.69. The normalized spacial score (nSPS) is 27.7. The summed E-state index contributed by atoms with van der Waals surface area (Å²) in [4.78, 5) is 24.4. The van der Waals surface area contributed by atoms with E-state index in [0.29, 0.717) is 5.75 Å². The fourth-order valence-corrected chi connectivity index (χ4v) is 4.35. The van der Waals surface area contributed by atoms with E-state index in [4.69, 9.17) is 9.47 Å². The second-order valence-electron chi connectivity index (χ2n) is 8.48. The number of aliphatic hydroxyl groups is 1. The lowest BCUT2D eigenvalue weighted by molar-refractivity contribution is -0.378. The first-order valence-electron chi connectivity index (χ1n) is 9.56. The van der Waals surface area contributed by atoms with E-state index in [9.17, 15) is 27.9 Å². The van der Waals surface area contributed by atoms with Gasteiger partial charge in [0.2, 0.25) is 0 Å². The van der Waals surface area contributed by atoms with Crippen molar-refractivity contribution >= 4 is 11.9 Å². The molecule has 0 bridgehead atoms. The maximum atomic E-state index is 14.1. The Morgan fingerprint density at radius 2 is 1.81 bits per heavy atom. The fraction of sp³-hybridized carbons (Fsp3) is 0.500. The molecule has 0 radical (unpaired) electrons. The SMILES string of the molecule is COC(=O)[C@H]1[C@H](c2ccc(OC)cc2)C2=C(CC(C)(C)CC2=C=O)O[C@]1(O)C(F)(F)F. The molecule has 0 amide bonds. The number of alkyl halides is 3. The van der Waals surface area contributed by atoms with Crippen LogP contribution >= 0.6 is 0 Å². The smallest absolute Gasteiger partial charge is 0.456 e. The summed E-state index contributed by atoms with van der Waals surface area (Å²) in [5.74, 6) is -6.63. The van der Waals surface area contributed by atoms with E-state index in [1.54, 1.807) is 13.8 Å². The molecule has 1 aromatic carbocycles. The Morgan fingerprint density at radius 1 is 1.19 bits per heavy atom. The quantitative estimate of drug-likeness (QED) is 0.571. The average molecular weight is 440 g/mol. The topological polar surface area (TPSA) is 82.1 Å². The molecular weight excluding hydrogens is 417 g/mol. The van der Waals surface area contributed by atoms with E-state index in [1.165, 1.54) is 31.4 Å². The number of hydrogen-bond donors (Lipinski definition) is 1. The molecule has 1 aliphatic carbocycles. The number of halogens is 3. The van der Waals surface area contributed by atoms with Crippen molar-refractivity contribution < 1.29 is 42.1 Å². The highest BCUT2D eigenvalue weighted by atomic mass is 19.4. The van der Waals surface area contributed by atoms with Gasteiger partial charge >= 0.3 is 17.9 Å². The summed E-state index contributed by atoms with van der Waals surface area (Å²) < 4.78 is 57.2. The van der Waals surface area contributed by atoms with E-state index in [0.717, 1.165) is 7.11 Å². The number of hydrogen-bond acceptors (Lipinski definition) is 6. The molecule has 0 saturated heterocycles. The number of esters is 1. The fourth-order valence-electron chi connectivity index (χ4n) is 4.35. The van der Waals surface area contributed by atoms with Crippen molar-refractivity contribution in [2.24, 2.45) is 11.3 Å². The zero-order valence-corrected chi connectivity index (χ0v) is 17.5. The van der Waals surface area contributed by atoms with Gasteiger partial charge in [0.1, 0.15) is 23.4 Å². The summed E-state index contributed by atoms with van der Waals surface area (Å²) in [6.45, 7) is 3.53. The van der Waals surface area contributed by atoms with Gasteiger partial charge in [0.15, 0.2) is 0 Å². The second kappa shape index (κ2) is 7.73. The molecule has 1 aromatic rings. The number of rotatable bonds is 3. The molecule has 168 valence electrons. The highest BCUT2D eigenvalue weighted by molar-refractivity contribution is 5.78. The van der Waals surface area contributed by atoms with Crippen LogP contribution in [-0.2, 0) is 19.1 Å². The van der Waals surface area contributed by atoms with Crippen molar-refractivity contribution in [1.82, 2.24) is 0 Å². The first kappa shape index (κ1) is 22.9. The van der Waals surface area contributed by atoms with Gasteiger partial charge in [-0.1, -0.05) is 26.0 Å². The monoisotopic (exact) mass is 440 g/mol. The van der Waals surface area contributed by atoms with Crippen molar-refractivity contribution in [2.75, 3.05) is 14.2 Å². The molecule has 1 heterocycles. The third-order valence-corrected chi connectivity index (χ3v) is 5.72. The minimum atomic E-state index is -5.32. The Hall–Kier alpha value is -2.77. The third-order valence-electron chi connectivity index (χ3n) is 5.72. The molecule has 1 N–H and O–H groups in total. The summed E-state index contributed by atoms with van der Waals surface area (Å²) in [5, 5.41) is 10.8. The standard InChI is InChI=1S/C22H23F3O6/c1-20(2)9-13(11-26)16-15(10-20)31-21(28,22(23,24)25)18(19(27)30-4)17(16)12-5-7-14(29-3)8-6-12/h5-8,17-18,28H,9-10H2,1-4H3/t17-,18-,21+/m1/s1. The van der Waals surface area contributed by atoms with Gasteiger partial charge < -0.3 is 19.3 Å². The summed E-state index contributed by atoms with van der Waals surface area (Å²) in [5.41, 5.74) is -0.114. The number of benzene rings is 1. The van der Waals surface area contributed by atoms with E-state index < -0.39 is 35.2 Å². The molecule has 31 heavy (non-hydrogen) atoms. The summed E-state index contributed by atoms with van der Waals surface area (Å²) in [6, 6.07) is 5.99. The number of ether oxygens (including phenoxy) is 3. The number of methoxy groups -OCH3 is 2. The lowest BCUT2D eigenvalue weighted by Crippen LogP contribution is -2.60. The lowest BCUT2D eigenvalue weighted by atomic mass is 9.65. The zero-order chi connectivity index (χ0) is 23.2. The molecule has 3 atom stereocenters. The van der Waals surface area contributed by atoms with Crippen LogP contribution in [0.25, 0.3) is 0 Å². The van der Waals surface area contributed by atoms with Crippen LogP contribution in [-0.4, -0.2) is 43.2 Å². The van der Waals surface area contributed by atoms with Crippen LogP contribution in [0, 0.1) is 11.3 Å². The molecule has 2 aliphatic rings. The van der Waals surface area contributed by atoms with Crippen LogP contribution < -0.4 is 4.74 Å². The van der Waals surface area contributed by atoms with Crippen molar-refractivity contribution in [1.29, 1.82) is 0 Å². The number of carbonyl (C=O) groups excluding carboxylic acids is 2. The first-order valence-corrected chi connectivity index (χ1v) is 9.56. The zero-order valence-electron chi connectivity index (χ0n) is 17.5. The van der Waals surface area contributed by atoms with Crippen LogP contribution in [0.15, 0.2) is 41.2 Å². The van der Waals surface area contributed by atoms with E-state index >= 15 is 0 Å². The van der Waals surface area contributed by atoms with Gasteiger partial charge in [-0.05, 0) is 29.5 Å². The molecule has 9 heteroatoms. The molecule has 0 saturated carbocycles. The van der Waals surface area contributed by atoms with Crippen molar-refractivity contribution in [3.63, 3.8) is 0 Å². The molecule has 0 aromatic heterocycles. The summed E-state index contributed by atoms with van der Waals surface area (Å²) >= 11 is 0. The van der Waals surface area contributed by atoms with Gasteiger partial charge in [0.25, 0.3) is 0 Å². The Balaban J connectivity index is 2.35. The minimum absolute atomic E-state index is 0.0342. The van der Waals surface area contributed by atoms with E-state index in [1.807, 2.05) is 5.94 Å². The molecule has 3 rings (SSSR count). The Kier molecular flexibility index (Phi) is 5.71. The van der Waals surface area contributed by atoms with Gasteiger partial charge in [-0.3, -0.25) is 4.79 Å². The second-order valence-corrected chi connectivity index (χ2v) is 8.48. The maximum Gasteiger partial charge on any atom is 0.456 e. The number of carbonyl (C=O) groups is 1. The van der Waals surface area contributed by atoms with Crippen LogP contribution in [0.5, 0.6) is 5.75 Å². The predicted octanol–water partition coefficient (Wildman–Crippen LogP) is 3.68. The summed E-state index contributed by atoms with van der Waals surface area (Å²) in [7, 11) is 2.36.